The minimum Gasteiger partial charge on any atom is -0.470 e. The van der Waals surface area contributed by atoms with E-state index in [1.165, 1.54) is 38.5 Å². The average molecular weight is 524 g/mol. The van der Waals surface area contributed by atoms with Gasteiger partial charge in [0.15, 0.2) is 0 Å². The first-order valence-corrected chi connectivity index (χ1v) is 14.2. The first kappa shape index (κ1) is 30.0. The highest BCUT2D eigenvalue weighted by Crippen LogP contribution is 2.29. The van der Waals surface area contributed by atoms with Crippen molar-refractivity contribution in [1.82, 2.24) is 0 Å². The van der Waals surface area contributed by atoms with E-state index in [4.69, 9.17) is 19.2 Å². The van der Waals surface area contributed by atoms with Gasteiger partial charge in [-0.3, -0.25) is 4.99 Å². The lowest BCUT2D eigenvalue weighted by Crippen LogP contribution is -2.59. The molecule has 208 valence electrons. The van der Waals surface area contributed by atoms with Crippen LogP contribution in [0.3, 0.4) is 0 Å². The summed E-state index contributed by atoms with van der Waals surface area (Å²) in [6.07, 6.45) is 9.53. The van der Waals surface area contributed by atoms with Gasteiger partial charge in [0.25, 0.3) is 0 Å². The molecule has 0 aliphatic carbocycles. The van der Waals surface area contributed by atoms with Crippen molar-refractivity contribution in [2.75, 3.05) is 13.2 Å². The number of hydrogen-bond acceptors (Lipinski definition) is 6. The van der Waals surface area contributed by atoms with E-state index in [9.17, 15) is 10.2 Å². The Bertz CT molecular complexity index is 907. The maximum absolute atomic E-state index is 11.2. The second-order valence-electron chi connectivity index (χ2n) is 9.83. The number of aliphatic hydroxyl groups excluding tert-OH is 2. The fraction of sp³-hybridized carbons (Fsp3) is 0.531. The Balaban J connectivity index is 1.83. The van der Waals surface area contributed by atoms with E-state index in [1.54, 1.807) is 12.3 Å². The number of benzene rings is 2. The van der Waals surface area contributed by atoms with Crippen LogP contribution in [0, 0.1) is 0 Å². The fourth-order valence-corrected chi connectivity index (χ4v) is 4.77. The lowest BCUT2D eigenvalue weighted by Gasteiger charge is -2.42. The molecule has 1 aliphatic heterocycles. The molecule has 0 saturated carbocycles. The van der Waals surface area contributed by atoms with E-state index >= 15 is 0 Å². The molecule has 0 amide bonds. The van der Waals surface area contributed by atoms with E-state index < -0.39 is 30.6 Å². The summed E-state index contributed by atoms with van der Waals surface area (Å²) in [6, 6.07) is 19.3. The predicted octanol–water partition coefficient (Wildman–Crippen LogP) is 6.05. The molecular weight excluding hydrogens is 478 g/mol. The van der Waals surface area contributed by atoms with Crippen molar-refractivity contribution in [2.24, 2.45) is 4.99 Å². The maximum atomic E-state index is 11.2. The minimum absolute atomic E-state index is 0.338. The van der Waals surface area contributed by atoms with Crippen molar-refractivity contribution < 1.29 is 24.4 Å². The first-order valence-electron chi connectivity index (χ1n) is 14.2. The number of unbranched alkanes of at least 4 members (excludes halogenated alkanes) is 7. The Hall–Kier alpha value is -2.51. The molecule has 5 atom stereocenters. The smallest absolute Gasteiger partial charge is 0.224 e. The van der Waals surface area contributed by atoms with Gasteiger partial charge in [0.05, 0.1) is 18.6 Å². The molecule has 0 spiro atoms. The topological polar surface area (TPSA) is 80.5 Å². The Kier molecular flexibility index (Phi) is 13.6. The van der Waals surface area contributed by atoms with E-state index in [0.29, 0.717) is 6.61 Å². The fourth-order valence-electron chi connectivity index (χ4n) is 4.77. The van der Waals surface area contributed by atoms with Gasteiger partial charge in [-0.15, -0.1) is 0 Å². The van der Waals surface area contributed by atoms with Gasteiger partial charge >= 0.3 is 0 Å². The average Bonchev–Trinajstić information content (AvgIpc) is 2.96. The molecule has 1 heterocycles. The lowest BCUT2D eigenvalue weighted by molar-refractivity contribution is -0.258. The van der Waals surface area contributed by atoms with Crippen molar-refractivity contribution in [3.63, 3.8) is 0 Å². The summed E-state index contributed by atoms with van der Waals surface area (Å²) < 4.78 is 18.2. The monoisotopic (exact) mass is 523 g/mol. The Labute approximate surface area is 228 Å². The first-order chi connectivity index (χ1) is 18.7. The van der Waals surface area contributed by atoms with Gasteiger partial charge in [0, 0.05) is 17.7 Å². The maximum Gasteiger partial charge on any atom is 0.224 e. The SMILES string of the molecule is CC=CO[C@H]1O[C@H](CO)C(O)C(OCCCCCCCCCC)[C@H]1N=C(c1ccccc1)c1ccccc1. The number of hydrogen-bond donors (Lipinski definition) is 2. The predicted molar refractivity (Wildman–Crippen MR) is 152 cm³/mol. The molecule has 1 fully saturated rings. The van der Waals surface area contributed by atoms with Gasteiger partial charge in [-0.05, 0) is 13.3 Å². The van der Waals surface area contributed by atoms with Crippen LogP contribution in [0.1, 0.15) is 76.3 Å². The van der Waals surface area contributed by atoms with Crippen LogP contribution in [0.2, 0.25) is 0 Å². The van der Waals surface area contributed by atoms with Crippen molar-refractivity contribution in [3.8, 4) is 0 Å². The molecular formula is C32H45NO5. The second kappa shape index (κ2) is 17.2. The minimum atomic E-state index is -1.04. The Morgan fingerprint density at radius 2 is 1.47 bits per heavy atom. The Morgan fingerprint density at radius 1 is 0.895 bits per heavy atom. The van der Waals surface area contributed by atoms with Gasteiger partial charge in [0.1, 0.15) is 24.4 Å². The number of aliphatic hydroxyl groups is 2. The van der Waals surface area contributed by atoms with Gasteiger partial charge in [0.2, 0.25) is 6.29 Å². The quantitative estimate of drug-likeness (QED) is 0.159. The van der Waals surface area contributed by atoms with E-state index in [2.05, 4.69) is 6.92 Å². The van der Waals surface area contributed by atoms with Crippen LogP contribution >= 0.6 is 0 Å². The Morgan fingerprint density at radius 3 is 2.03 bits per heavy atom. The molecule has 6 heteroatoms. The van der Waals surface area contributed by atoms with Crippen LogP contribution in [0.5, 0.6) is 0 Å². The van der Waals surface area contributed by atoms with Crippen LogP contribution in [0.4, 0.5) is 0 Å². The van der Waals surface area contributed by atoms with Crippen LogP contribution in [0.15, 0.2) is 78.0 Å². The van der Waals surface area contributed by atoms with Gasteiger partial charge in [-0.25, -0.2) is 0 Å². The molecule has 1 saturated heterocycles. The highest BCUT2D eigenvalue weighted by atomic mass is 16.7. The van der Waals surface area contributed by atoms with Crippen LogP contribution in [-0.2, 0) is 14.2 Å². The normalized spacial score (nSPS) is 23.4. The molecule has 3 rings (SSSR count). The molecule has 0 aromatic heterocycles. The van der Waals surface area contributed by atoms with Crippen molar-refractivity contribution in [1.29, 1.82) is 0 Å². The summed E-state index contributed by atoms with van der Waals surface area (Å²) >= 11 is 0. The summed E-state index contributed by atoms with van der Waals surface area (Å²) in [7, 11) is 0. The molecule has 0 radical (unpaired) electrons. The molecule has 2 aromatic carbocycles. The zero-order valence-corrected chi connectivity index (χ0v) is 23.0. The molecule has 38 heavy (non-hydrogen) atoms. The number of nitrogens with zero attached hydrogens (tertiary/aromatic N) is 1. The van der Waals surface area contributed by atoms with Gasteiger partial charge in [-0.1, -0.05) is 119 Å². The molecule has 2 aromatic rings. The standard InChI is InChI=1S/C32H45NO5/c1-3-5-6-7-8-9-10-17-23-36-31-29(32(37-22-4-2)38-27(24-34)30(31)35)33-28(25-18-13-11-14-19-25)26-20-15-12-16-21-26/h4,11-16,18-22,27,29-32,34-35H,3,5-10,17,23-24H2,1-2H3/t27-,29-,30?,31?,32+/m1/s1. The van der Waals surface area contributed by atoms with Crippen molar-refractivity contribution in [2.45, 2.75) is 95.9 Å². The number of rotatable bonds is 16. The third-order valence-corrected chi connectivity index (χ3v) is 6.85. The van der Waals surface area contributed by atoms with Crippen LogP contribution < -0.4 is 0 Å². The third kappa shape index (κ3) is 9.05. The number of ether oxygens (including phenoxy) is 3. The number of aliphatic imine (C=N–C) groups is 1. The lowest BCUT2D eigenvalue weighted by atomic mass is 9.95. The van der Waals surface area contributed by atoms with Gasteiger partial charge in [-0.2, -0.15) is 0 Å². The summed E-state index contributed by atoms with van der Waals surface area (Å²) in [5.74, 6) is 0. The molecule has 0 bridgehead atoms. The summed E-state index contributed by atoms with van der Waals surface area (Å²) in [6.45, 7) is 4.25. The summed E-state index contributed by atoms with van der Waals surface area (Å²) in [4.78, 5) is 5.13. The van der Waals surface area contributed by atoms with E-state index in [1.807, 2.05) is 67.6 Å². The largest absolute Gasteiger partial charge is 0.470 e. The molecule has 2 unspecified atom stereocenters. The van der Waals surface area contributed by atoms with E-state index in [-0.39, 0.29) is 6.61 Å². The van der Waals surface area contributed by atoms with Gasteiger partial charge < -0.3 is 24.4 Å². The third-order valence-electron chi connectivity index (χ3n) is 6.85. The molecule has 6 nitrogen and oxygen atoms in total. The van der Waals surface area contributed by atoms with Crippen LogP contribution in [-0.4, -0.2) is 59.8 Å². The second-order valence-corrected chi connectivity index (χ2v) is 9.83. The highest BCUT2D eigenvalue weighted by molar-refractivity contribution is 6.13. The molecule has 1 aliphatic rings. The summed E-state index contributed by atoms with van der Waals surface area (Å²) in [5, 5.41) is 21.1. The number of allylic oxidation sites excluding steroid dienone is 1. The van der Waals surface area contributed by atoms with Crippen LogP contribution in [0.25, 0.3) is 0 Å². The van der Waals surface area contributed by atoms with Crippen molar-refractivity contribution >= 4 is 5.71 Å². The summed E-state index contributed by atoms with van der Waals surface area (Å²) in [5.41, 5.74) is 2.66. The zero-order chi connectivity index (χ0) is 27.0. The zero-order valence-electron chi connectivity index (χ0n) is 23.0. The van der Waals surface area contributed by atoms with Crippen molar-refractivity contribution in [3.05, 3.63) is 84.1 Å². The highest BCUT2D eigenvalue weighted by Gasteiger charge is 2.47. The van der Waals surface area contributed by atoms with E-state index in [0.717, 1.165) is 29.7 Å². The molecule has 2 N–H and O–H groups in total.